The summed E-state index contributed by atoms with van der Waals surface area (Å²) in [4.78, 5) is 216. The molecule has 0 aliphatic carbocycles. The maximum atomic E-state index is 14.1. The van der Waals surface area contributed by atoms with Gasteiger partial charge in [-0.1, -0.05) is 0 Å². The van der Waals surface area contributed by atoms with Gasteiger partial charge in [0.25, 0.3) is 0 Å². The number of carboxylic acid groups (broad SMARTS) is 2. The second kappa shape index (κ2) is 43.1. The number of nitrogens with two attached hydrogens (primary N) is 3. The lowest BCUT2D eigenvalue weighted by Crippen LogP contribution is -2.60. The summed E-state index contributed by atoms with van der Waals surface area (Å²) < 4.78 is 0. The summed E-state index contributed by atoms with van der Waals surface area (Å²) in [6.45, 7) is 2.24. The molecule has 0 spiro atoms. The van der Waals surface area contributed by atoms with Crippen molar-refractivity contribution in [2.45, 2.75) is 221 Å². The van der Waals surface area contributed by atoms with Gasteiger partial charge in [0.05, 0.1) is 25.8 Å². The molecule has 0 bridgehead atoms. The second-order valence-corrected chi connectivity index (χ2v) is 25.3. The molecule has 0 saturated carbocycles. The molecule has 13 atom stereocenters. The summed E-state index contributed by atoms with van der Waals surface area (Å²) in [5.74, 6) is -13.6. The normalized spacial score (nSPS) is 19.9. The number of aliphatic hydroxyl groups is 2. The highest BCUT2D eigenvalue weighted by molar-refractivity contribution is 6.00. The van der Waals surface area contributed by atoms with E-state index in [1.165, 1.54) is 35.5 Å². The first-order valence-electron chi connectivity index (χ1n) is 34.3. The topological polar surface area (TPSA) is 586 Å². The van der Waals surface area contributed by atoms with E-state index in [2.05, 4.69) is 58.5 Å². The quantitative estimate of drug-likeness (QED) is 0.0252. The Balaban J connectivity index is 1.34. The zero-order chi connectivity index (χ0) is 74.2. The number of aliphatic hydroxyl groups excluding tert-OH is 2. The molecule has 4 rings (SSSR count). The highest BCUT2D eigenvalue weighted by atomic mass is 16.4. The summed E-state index contributed by atoms with van der Waals surface area (Å²) in [6, 6.07) is -16.1. The van der Waals surface area contributed by atoms with Crippen molar-refractivity contribution in [1.82, 2.24) is 78.5 Å². The van der Waals surface area contributed by atoms with Crippen LogP contribution in [0.5, 0.6) is 0 Å². The van der Waals surface area contributed by atoms with E-state index in [9.17, 15) is 92.0 Å². The number of nitrogens with zero attached hydrogens (tertiary/aromatic N) is 3. The van der Waals surface area contributed by atoms with Crippen molar-refractivity contribution in [1.29, 1.82) is 0 Å². The molecule has 0 aromatic rings. The van der Waals surface area contributed by atoms with E-state index < -0.39 is 206 Å². The van der Waals surface area contributed by atoms with E-state index in [0.29, 0.717) is 70.8 Å². The van der Waals surface area contributed by atoms with Crippen molar-refractivity contribution < 1.29 is 97.1 Å². The van der Waals surface area contributed by atoms with Crippen LogP contribution in [0.25, 0.3) is 0 Å². The van der Waals surface area contributed by atoms with Crippen LogP contribution in [0.2, 0.25) is 0 Å². The van der Waals surface area contributed by atoms with Crippen molar-refractivity contribution in [2.75, 3.05) is 72.1 Å². The molecule has 0 aromatic carbocycles. The van der Waals surface area contributed by atoms with Gasteiger partial charge in [-0.15, -0.1) is 0 Å². The summed E-state index contributed by atoms with van der Waals surface area (Å²) in [7, 11) is 0. The van der Waals surface area contributed by atoms with Gasteiger partial charge in [0.2, 0.25) is 82.7 Å². The molecule has 4 aliphatic heterocycles. The minimum atomic E-state index is -1.68. The molecule has 4 aliphatic rings. The number of carboxylic acids is 2. The Morgan fingerprint density at radius 2 is 0.800 bits per heavy atom. The number of amides is 14. The number of carbonyl (C=O) groups is 16. The molecule has 4 fully saturated rings. The second-order valence-electron chi connectivity index (χ2n) is 25.3. The molecular weight excluding hydrogens is 1320 g/mol. The Morgan fingerprint density at radius 1 is 0.400 bits per heavy atom. The zero-order valence-corrected chi connectivity index (χ0v) is 57.1. The number of hydrogen-bond acceptors (Lipinski definition) is 22. The maximum absolute atomic E-state index is 14.1. The summed E-state index contributed by atoms with van der Waals surface area (Å²) >= 11 is 0. The molecule has 38 heteroatoms. The third-order valence-electron chi connectivity index (χ3n) is 17.6. The lowest BCUT2D eigenvalue weighted by Gasteiger charge is -2.31. The third kappa shape index (κ3) is 26.4. The molecule has 4 heterocycles. The Kier molecular flexibility index (Phi) is 36.0. The van der Waals surface area contributed by atoms with Crippen molar-refractivity contribution in [3.8, 4) is 0 Å². The average molecular weight is 1420 g/mol. The number of rotatable bonds is 43. The molecule has 562 valence electrons. The van der Waals surface area contributed by atoms with Crippen LogP contribution >= 0.6 is 0 Å². The number of unbranched alkanes of at least 4 members (excludes halogenated alkanes) is 3. The third-order valence-corrected chi connectivity index (χ3v) is 17.6. The fourth-order valence-corrected chi connectivity index (χ4v) is 12.0. The standard InChI is InChI=1S/C62H104N18O20/c1-34(69-57(95)45-19-13-29-80(45)62(100)41(21-22-48(84)85)76-53(91)37-17-10-26-66-37)50(88)73-39(15-5-8-24-64)55(93)77-43(33-82)56(94)70-35(2)60(98)78-27-11-18-44(78)58(96)71-36(3)61(99)79-28-12-20-46(79)59(97)75-40(16-6-9-25-65)54(92)74-38(14-4-7-23-63)51(89)67-30-47(83)72-42(32-81)52(90)68-31-49(86)87/h34-46,66,81-82H,4-33,63-65H2,1-3H3,(H,67,89)(H,68,90)(H,69,95)(H,70,94)(H,71,96)(H,72,83)(H,73,88)(H,74,92)(H,75,97)(H,76,91)(H,77,93)(H,84,85)(H,86,87). The SMILES string of the molecule is CC(NC(=O)C1CCCN1C(=O)C(CCC(=O)O)NC(=O)C1CCCN1)C(=O)NC(CCCCN)C(=O)NC(CO)C(=O)NC(C)C(=O)N1CCCC1C(=O)NC(C)C(=O)N1CCCC1C(=O)NC(CCCCN)C(=O)NC(CCCCN)C(=O)NCC(=O)NC(CO)C(=O)NCC(=O)O. The van der Waals surface area contributed by atoms with Crippen LogP contribution in [0.4, 0.5) is 0 Å². The fraction of sp³-hybridized carbons (Fsp3) is 0.742. The Labute approximate surface area is 579 Å². The summed E-state index contributed by atoms with van der Waals surface area (Å²) in [5, 5.41) is 68.4. The number of hydrogen-bond donors (Lipinski definition) is 19. The molecule has 22 N–H and O–H groups in total. The van der Waals surface area contributed by atoms with E-state index in [1.807, 2.05) is 5.32 Å². The minimum Gasteiger partial charge on any atom is -0.481 e. The van der Waals surface area contributed by atoms with Gasteiger partial charge in [0.1, 0.15) is 79.0 Å². The minimum absolute atomic E-state index is 0.0127. The molecular formula is C62H104N18O20. The van der Waals surface area contributed by atoms with Gasteiger partial charge in [-0.25, -0.2) is 0 Å². The number of carbonyl (C=O) groups excluding carboxylic acids is 14. The lowest BCUT2D eigenvalue weighted by molar-refractivity contribution is -0.144. The van der Waals surface area contributed by atoms with Crippen molar-refractivity contribution in [2.24, 2.45) is 17.2 Å². The Morgan fingerprint density at radius 3 is 1.27 bits per heavy atom. The van der Waals surface area contributed by atoms with Gasteiger partial charge in [0.15, 0.2) is 0 Å². The maximum Gasteiger partial charge on any atom is 0.322 e. The number of nitrogens with one attached hydrogen (secondary N) is 12. The molecule has 14 amide bonds. The van der Waals surface area contributed by atoms with Crippen LogP contribution < -0.4 is 81.0 Å². The van der Waals surface area contributed by atoms with Crippen molar-refractivity contribution in [3.63, 3.8) is 0 Å². The molecule has 38 nitrogen and oxygen atoms in total. The first-order chi connectivity index (χ1) is 47.6. The van der Waals surface area contributed by atoms with Crippen molar-refractivity contribution in [3.05, 3.63) is 0 Å². The van der Waals surface area contributed by atoms with Crippen LogP contribution in [-0.4, -0.2) is 280 Å². The number of aliphatic carboxylic acids is 2. The van der Waals surface area contributed by atoms with Gasteiger partial charge in [0, 0.05) is 26.1 Å². The molecule has 0 aromatic heterocycles. The van der Waals surface area contributed by atoms with Gasteiger partial charge in [-0.2, -0.15) is 0 Å². The highest BCUT2D eigenvalue weighted by Gasteiger charge is 2.43. The van der Waals surface area contributed by atoms with E-state index in [1.54, 1.807) is 0 Å². The highest BCUT2D eigenvalue weighted by Crippen LogP contribution is 2.24. The van der Waals surface area contributed by atoms with Crippen LogP contribution in [0, 0.1) is 0 Å². The Bertz CT molecular complexity index is 2870. The zero-order valence-electron chi connectivity index (χ0n) is 57.1. The van der Waals surface area contributed by atoms with Gasteiger partial charge >= 0.3 is 11.9 Å². The smallest absolute Gasteiger partial charge is 0.322 e. The van der Waals surface area contributed by atoms with Crippen LogP contribution in [0.3, 0.4) is 0 Å². The van der Waals surface area contributed by atoms with E-state index in [0.717, 1.165) is 6.42 Å². The van der Waals surface area contributed by atoms with Gasteiger partial charge in [-0.3, -0.25) is 76.7 Å². The largest absolute Gasteiger partial charge is 0.481 e. The molecule has 4 saturated heterocycles. The molecule has 13 unspecified atom stereocenters. The van der Waals surface area contributed by atoms with Crippen molar-refractivity contribution >= 4 is 94.6 Å². The first kappa shape index (κ1) is 83.7. The van der Waals surface area contributed by atoms with Gasteiger partial charge in [-0.05, 0) is 163 Å². The monoisotopic (exact) mass is 1420 g/mol. The van der Waals surface area contributed by atoms with Crippen LogP contribution in [-0.2, 0) is 76.7 Å². The van der Waals surface area contributed by atoms with E-state index in [-0.39, 0.29) is 84.2 Å². The summed E-state index contributed by atoms with van der Waals surface area (Å²) in [5.41, 5.74) is 17.1. The van der Waals surface area contributed by atoms with Gasteiger partial charge < -0.3 is 116 Å². The predicted octanol–water partition coefficient (Wildman–Crippen LogP) is -8.31. The summed E-state index contributed by atoms with van der Waals surface area (Å²) in [6.07, 6.45) is 4.57. The van der Waals surface area contributed by atoms with E-state index in [4.69, 9.17) is 22.3 Å². The predicted molar refractivity (Wildman–Crippen MR) is 353 cm³/mol. The average Bonchev–Trinajstić information content (AvgIpc) is 1.64. The van der Waals surface area contributed by atoms with Crippen LogP contribution in [0.15, 0.2) is 0 Å². The van der Waals surface area contributed by atoms with Crippen LogP contribution in [0.1, 0.15) is 143 Å². The Hall–Kier alpha value is -8.72. The molecule has 100 heavy (non-hydrogen) atoms. The van der Waals surface area contributed by atoms with E-state index >= 15 is 0 Å². The lowest BCUT2D eigenvalue weighted by atomic mass is 10.0. The number of likely N-dealkylation sites (tertiary alicyclic amines) is 3. The molecule has 0 radical (unpaired) electrons. The first-order valence-corrected chi connectivity index (χ1v) is 34.3. The fourth-order valence-electron chi connectivity index (χ4n) is 12.0.